The lowest BCUT2D eigenvalue weighted by Crippen LogP contribution is -2.54. The number of nitriles is 1. The van der Waals surface area contributed by atoms with Gasteiger partial charge in [-0.25, -0.2) is 13.8 Å². The number of nitrogens with zero attached hydrogens (tertiary/aromatic N) is 3. The highest BCUT2D eigenvalue weighted by molar-refractivity contribution is 5.95. The number of aromatic nitrogens is 2. The summed E-state index contributed by atoms with van der Waals surface area (Å²) >= 11 is 0. The van der Waals surface area contributed by atoms with Crippen LogP contribution in [0.15, 0.2) is 30.5 Å². The number of halogens is 2. The number of aromatic amines is 1. The molecule has 8 heteroatoms. The normalized spacial score (nSPS) is 17.6. The van der Waals surface area contributed by atoms with Crippen LogP contribution in [0.25, 0.3) is 10.9 Å². The summed E-state index contributed by atoms with van der Waals surface area (Å²) in [6.07, 6.45) is 8.69. The van der Waals surface area contributed by atoms with Gasteiger partial charge in [0.15, 0.2) is 0 Å². The summed E-state index contributed by atoms with van der Waals surface area (Å²) in [6, 6.07) is 6.61. The van der Waals surface area contributed by atoms with E-state index >= 15 is 0 Å². The van der Waals surface area contributed by atoms with Gasteiger partial charge in [0, 0.05) is 29.8 Å². The fraction of sp³-hybridized carbons (Fsp3) is 0.292. The topological polar surface area (TPSA) is 84.8 Å². The van der Waals surface area contributed by atoms with E-state index < -0.39 is 29.7 Å². The van der Waals surface area contributed by atoms with Crippen LogP contribution in [0, 0.1) is 35.3 Å². The van der Waals surface area contributed by atoms with Gasteiger partial charge in [-0.3, -0.25) is 10.1 Å². The molecule has 3 aromatic rings. The molecule has 162 valence electrons. The predicted molar refractivity (Wildman–Crippen MR) is 115 cm³/mol. The zero-order chi connectivity index (χ0) is 22.8. The highest BCUT2D eigenvalue weighted by Crippen LogP contribution is 2.41. The molecule has 4 rings (SSSR count). The maximum absolute atomic E-state index is 14.6. The lowest BCUT2D eigenvalue weighted by molar-refractivity contribution is -0.130. The van der Waals surface area contributed by atoms with Gasteiger partial charge in [0.2, 0.25) is 0 Å². The number of hydrogen-bond acceptors (Lipinski definition) is 4. The molecule has 2 N–H and O–H groups in total. The summed E-state index contributed by atoms with van der Waals surface area (Å²) < 4.78 is 28.6. The number of benzene rings is 1. The minimum absolute atomic E-state index is 0.172. The molecule has 0 saturated heterocycles. The van der Waals surface area contributed by atoms with Crippen molar-refractivity contribution in [2.75, 3.05) is 6.54 Å². The number of rotatable bonds is 5. The average Bonchev–Trinajstić information content (AvgIpc) is 3.16. The van der Waals surface area contributed by atoms with E-state index in [9.17, 15) is 13.6 Å². The summed E-state index contributed by atoms with van der Waals surface area (Å²) in [7, 11) is 0. The number of carbonyl (C=O) groups excluding carboxylic acids is 1. The number of unbranched alkanes of at least 4 members (excludes halogenated alkanes) is 1. The number of terminal acetylenes is 1. The maximum Gasteiger partial charge on any atom is 0.300 e. The molecule has 0 unspecified atom stereocenters. The second-order valence-corrected chi connectivity index (χ2v) is 7.70. The summed E-state index contributed by atoms with van der Waals surface area (Å²) in [4.78, 5) is 21.6. The minimum Gasteiger partial charge on any atom is -0.354 e. The smallest absolute Gasteiger partial charge is 0.300 e. The molecular formula is C24H21F2N5O. The summed E-state index contributed by atoms with van der Waals surface area (Å²) in [5, 5.41) is 12.9. The molecular weight excluding hydrogens is 412 g/mol. The van der Waals surface area contributed by atoms with E-state index in [1.54, 1.807) is 12.1 Å². The number of amides is 1. The van der Waals surface area contributed by atoms with Crippen molar-refractivity contribution in [2.45, 2.75) is 38.4 Å². The van der Waals surface area contributed by atoms with Crippen LogP contribution in [0.2, 0.25) is 0 Å². The molecule has 0 radical (unpaired) electrons. The number of H-pyrrole nitrogens is 1. The lowest BCUT2D eigenvalue weighted by Gasteiger charge is -2.41. The molecule has 1 amide bonds. The summed E-state index contributed by atoms with van der Waals surface area (Å²) in [5.41, 5.74) is 2.26. The molecule has 1 aromatic carbocycles. The molecule has 3 heterocycles. The van der Waals surface area contributed by atoms with Crippen molar-refractivity contribution in [1.82, 2.24) is 20.2 Å². The van der Waals surface area contributed by atoms with Crippen molar-refractivity contribution < 1.29 is 13.6 Å². The fourth-order valence-electron chi connectivity index (χ4n) is 4.27. The Morgan fingerprint density at radius 2 is 2.22 bits per heavy atom. The molecule has 32 heavy (non-hydrogen) atoms. The number of fused-ring (bicyclic) bond motifs is 3. The molecule has 2 aromatic heterocycles. The van der Waals surface area contributed by atoms with Gasteiger partial charge >= 0.3 is 0 Å². The van der Waals surface area contributed by atoms with Gasteiger partial charge in [-0.2, -0.15) is 5.26 Å². The number of pyridine rings is 1. The molecule has 1 aliphatic rings. The predicted octanol–water partition coefficient (Wildman–Crippen LogP) is 3.54. The third-order valence-electron chi connectivity index (χ3n) is 5.73. The highest BCUT2D eigenvalue weighted by Gasteiger charge is 2.40. The van der Waals surface area contributed by atoms with Crippen molar-refractivity contribution in [1.29, 1.82) is 5.26 Å². The zero-order valence-corrected chi connectivity index (χ0v) is 17.5. The molecule has 6 nitrogen and oxygen atoms in total. The van der Waals surface area contributed by atoms with Crippen molar-refractivity contribution in [3.8, 4) is 18.4 Å². The van der Waals surface area contributed by atoms with Gasteiger partial charge < -0.3 is 9.88 Å². The van der Waals surface area contributed by atoms with Crippen molar-refractivity contribution in [2.24, 2.45) is 0 Å². The Morgan fingerprint density at radius 1 is 1.41 bits per heavy atom. The summed E-state index contributed by atoms with van der Waals surface area (Å²) in [6.45, 7) is 2.70. The van der Waals surface area contributed by atoms with Crippen LogP contribution in [-0.4, -0.2) is 33.5 Å². The van der Waals surface area contributed by atoms with Crippen LogP contribution < -0.4 is 5.32 Å². The Balaban J connectivity index is 1.93. The number of carbonyl (C=O) groups is 1. The van der Waals surface area contributed by atoms with Crippen molar-refractivity contribution in [3.63, 3.8) is 0 Å². The van der Waals surface area contributed by atoms with E-state index in [4.69, 9.17) is 11.7 Å². The maximum atomic E-state index is 14.6. The van der Waals surface area contributed by atoms with Gasteiger partial charge in [0.25, 0.3) is 5.91 Å². The van der Waals surface area contributed by atoms with Crippen LogP contribution in [0.1, 0.15) is 48.3 Å². The van der Waals surface area contributed by atoms with Crippen LogP contribution in [0.4, 0.5) is 8.78 Å². The molecule has 2 atom stereocenters. The first-order valence-corrected chi connectivity index (χ1v) is 10.4. The van der Waals surface area contributed by atoms with Gasteiger partial charge in [-0.1, -0.05) is 19.4 Å². The van der Waals surface area contributed by atoms with Crippen molar-refractivity contribution >= 4 is 16.8 Å². The van der Waals surface area contributed by atoms with Gasteiger partial charge in [-0.05, 0) is 42.1 Å². The second kappa shape index (κ2) is 8.78. The minimum atomic E-state index is -0.712. The van der Waals surface area contributed by atoms with E-state index in [1.165, 1.54) is 17.2 Å². The Kier molecular flexibility index (Phi) is 5.89. The second-order valence-electron chi connectivity index (χ2n) is 7.70. The number of nitrogens with one attached hydrogen (secondary N) is 2. The lowest BCUT2D eigenvalue weighted by atomic mass is 9.91. The molecule has 1 aliphatic heterocycles. The molecule has 0 spiro atoms. The molecule has 0 aliphatic carbocycles. The van der Waals surface area contributed by atoms with Gasteiger partial charge in [0.1, 0.15) is 29.4 Å². The van der Waals surface area contributed by atoms with E-state index in [-0.39, 0.29) is 11.2 Å². The van der Waals surface area contributed by atoms with Crippen LogP contribution in [0.5, 0.6) is 0 Å². The fourth-order valence-corrected chi connectivity index (χ4v) is 4.27. The first-order valence-electron chi connectivity index (χ1n) is 10.4. The quantitative estimate of drug-likeness (QED) is 0.476. The Labute approximate surface area is 184 Å². The van der Waals surface area contributed by atoms with E-state index in [0.29, 0.717) is 35.2 Å². The van der Waals surface area contributed by atoms with Gasteiger partial charge in [0.05, 0.1) is 11.7 Å². The summed E-state index contributed by atoms with van der Waals surface area (Å²) in [5.74, 6) is 0.264. The first-order chi connectivity index (χ1) is 15.5. The monoisotopic (exact) mass is 433 g/mol. The van der Waals surface area contributed by atoms with Crippen LogP contribution in [-0.2, 0) is 11.2 Å². The average molecular weight is 433 g/mol. The van der Waals surface area contributed by atoms with Crippen molar-refractivity contribution in [3.05, 3.63) is 64.6 Å². The molecule has 0 saturated carbocycles. The molecule has 0 fully saturated rings. The van der Waals surface area contributed by atoms with Gasteiger partial charge in [-0.15, -0.1) is 6.42 Å². The van der Waals surface area contributed by atoms with E-state index in [0.717, 1.165) is 18.9 Å². The third kappa shape index (κ3) is 3.70. The largest absolute Gasteiger partial charge is 0.354 e. The Bertz CT molecular complexity index is 1250. The zero-order valence-electron chi connectivity index (χ0n) is 17.5. The Morgan fingerprint density at radius 3 is 2.88 bits per heavy atom. The van der Waals surface area contributed by atoms with Crippen LogP contribution >= 0.6 is 0 Å². The van der Waals surface area contributed by atoms with E-state index in [1.807, 2.05) is 6.07 Å². The third-order valence-corrected chi connectivity index (χ3v) is 5.73. The standard InChI is InChI=1S/C24H21F2N5O/c1-3-5-8-28-20-11-18-17-9-15(25)10-19(26)22(17)30-23(18)24(31(20)21(32)4-2)14-6-7-16(12-27)29-13-14/h2,6-7,9-10,13,20,24,28,30H,3,5,8,11H2,1H3/t20-,24+/m1/s1. The first kappa shape index (κ1) is 21.5. The highest BCUT2D eigenvalue weighted by atomic mass is 19.1. The Hall–Kier alpha value is -3.75. The molecule has 0 bridgehead atoms. The van der Waals surface area contributed by atoms with E-state index in [2.05, 4.69) is 28.1 Å². The van der Waals surface area contributed by atoms with Crippen LogP contribution in [0.3, 0.4) is 0 Å². The number of hydrogen-bond donors (Lipinski definition) is 2. The SMILES string of the molecule is C#CC(=O)N1[C@@H](c2ccc(C#N)nc2)c2[nH]c3c(F)cc(F)cc3c2C[C@@H]1NCCCC.